The van der Waals surface area contributed by atoms with E-state index < -0.39 is 11.8 Å². The number of amidine groups is 1. The van der Waals surface area contributed by atoms with Crippen LogP contribution in [0.4, 0.5) is 17.6 Å². The standard InChI is InChI=1S/C23H23F4N5/c1-12-7-19(23(5,26)27)30-31(12)11-16-6-13(2)32-18(21-14(3)17(21)10-28)8-15(22(4,24)25)9-20(32)29-16/h6-9,14,17,21H,2,11H2,1,3-5H3. The Kier molecular flexibility index (Phi) is 4.96. The molecule has 168 valence electrons. The van der Waals surface area contributed by atoms with Crippen molar-refractivity contribution in [1.82, 2.24) is 14.7 Å². The molecule has 1 aromatic rings. The fraction of sp³-hybridized carbons (Fsp3) is 0.435. The quantitative estimate of drug-likeness (QED) is 0.578. The van der Waals surface area contributed by atoms with Crippen molar-refractivity contribution in [2.24, 2.45) is 22.7 Å². The Morgan fingerprint density at radius 1 is 1.16 bits per heavy atom. The van der Waals surface area contributed by atoms with Crippen LogP contribution in [0.1, 0.15) is 32.2 Å². The van der Waals surface area contributed by atoms with Crippen LogP contribution in [-0.4, -0.2) is 26.4 Å². The zero-order chi connectivity index (χ0) is 23.6. The van der Waals surface area contributed by atoms with Gasteiger partial charge < -0.3 is 0 Å². The van der Waals surface area contributed by atoms with E-state index in [1.165, 1.54) is 22.9 Å². The van der Waals surface area contributed by atoms with Crippen LogP contribution < -0.4 is 0 Å². The fourth-order valence-electron chi connectivity index (χ4n) is 4.16. The van der Waals surface area contributed by atoms with Gasteiger partial charge in [-0.25, -0.2) is 13.8 Å². The number of rotatable bonds is 5. The van der Waals surface area contributed by atoms with Crippen molar-refractivity contribution in [3.05, 3.63) is 64.9 Å². The molecule has 3 unspecified atom stereocenters. The van der Waals surface area contributed by atoms with Gasteiger partial charge in [0.05, 0.1) is 24.2 Å². The third kappa shape index (κ3) is 3.78. The van der Waals surface area contributed by atoms with Crippen molar-refractivity contribution in [2.45, 2.75) is 46.1 Å². The molecule has 1 aromatic heterocycles. The summed E-state index contributed by atoms with van der Waals surface area (Å²) < 4.78 is 57.1. The third-order valence-corrected chi connectivity index (χ3v) is 6.07. The van der Waals surface area contributed by atoms with Gasteiger partial charge in [0.1, 0.15) is 11.5 Å². The molecular weight excluding hydrogens is 422 g/mol. The molecule has 0 spiro atoms. The number of aromatic nitrogens is 2. The molecule has 32 heavy (non-hydrogen) atoms. The largest absolute Gasteiger partial charge is 0.299 e. The van der Waals surface area contributed by atoms with Crippen molar-refractivity contribution < 1.29 is 17.6 Å². The third-order valence-electron chi connectivity index (χ3n) is 6.07. The molecule has 4 rings (SSSR count). The summed E-state index contributed by atoms with van der Waals surface area (Å²) >= 11 is 0. The summed E-state index contributed by atoms with van der Waals surface area (Å²) in [5.41, 5.74) is 1.52. The summed E-state index contributed by atoms with van der Waals surface area (Å²) in [5.74, 6) is -6.31. The van der Waals surface area contributed by atoms with Crippen molar-refractivity contribution in [3.8, 4) is 6.07 Å². The summed E-state index contributed by atoms with van der Waals surface area (Å²) in [6.07, 6.45) is 4.41. The lowest BCUT2D eigenvalue weighted by atomic mass is 9.99. The first-order valence-electron chi connectivity index (χ1n) is 10.2. The number of hydrogen-bond donors (Lipinski definition) is 0. The Morgan fingerprint density at radius 3 is 2.38 bits per heavy atom. The van der Waals surface area contributed by atoms with Gasteiger partial charge in [-0.15, -0.1) is 0 Å². The summed E-state index contributed by atoms with van der Waals surface area (Å²) in [5, 5.41) is 13.3. The minimum Gasteiger partial charge on any atom is -0.299 e. The first-order valence-corrected chi connectivity index (χ1v) is 10.2. The van der Waals surface area contributed by atoms with Crippen LogP contribution in [-0.2, 0) is 12.5 Å². The Morgan fingerprint density at radius 2 is 1.84 bits per heavy atom. The molecule has 0 amide bonds. The van der Waals surface area contributed by atoms with Crippen molar-refractivity contribution in [1.29, 1.82) is 5.26 Å². The van der Waals surface area contributed by atoms with E-state index in [4.69, 9.17) is 0 Å². The normalized spacial score (nSPS) is 25.4. The molecule has 3 atom stereocenters. The van der Waals surface area contributed by atoms with Gasteiger partial charge in [-0.2, -0.15) is 19.1 Å². The molecule has 0 radical (unpaired) electrons. The van der Waals surface area contributed by atoms with E-state index in [9.17, 15) is 22.8 Å². The number of fused-ring (bicyclic) bond motifs is 1. The lowest BCUT2D eigenvalue weighted by Crippen LogP contribution is -2.35. The van der Waals surface area contributed by atoms with Gasteiger partial charge in [0, 0.05) is 42.4 Å². The Bertz CT molecular complexity index is 1150. The predicted molar refractivity (Wildman–Crippen MR) is 112 cm³/mol. The monoisotopic (exact) mass is 445 g/mol. The molecule has 2 aliphatic heterocycles. The molecule has 3 heterocycles. The zero-order valence-electron chi connectivity index (χ0n) is 18.2. The first-order chi connectivity index (χ1) is 14.8. The van der Waals surface area contributed by atoms with Crippen molar-refractivity contribution in [2.75, 3.05) is 0 Å². The maximum absolute atomic E-state index is 14.2. The van der Waals surface area contributed by atoms with Gasteiger partial charge in [0.15, 0.2) is 0 Å². The van der Waals surface area contributed by atoms with E-state index in [0.29, 0.717) is 22.8 Å². The molecule has 0 aromatic carbocycles. The second-order valence-electron chi connectivity index (χ2n) is 8.75. The first kappa shape index (κ1) is 22.1. The number of halogens is 4. The van der Waals surface area contributed by atoms with Gasteiger partial charge >= 0.3 is 0 Å². The SMILES string of the molecule is C=C1C=C(Cn2nc(C(C)(F)F)cc2C)N=C2C=C(C(C)(F)F)C=C(C3C(C)C3C#N)N12. The maximum Gasteiger partial charge on any atom is 0.288 e. The average Bonchev–Trinajstić information content (AvgIpc) is 3.18. The van der Waals surface area contributed by atoms with E-state index in [1.54, 1.807) is 17.9 Å². The van der Waals surface area contributed by atoms with E-state index in [1.807, 2.05) is 6.92 Å². The molecule has 9 heteroatoms. The summed E-state index contributed by atoms with van der Waals surface area (Å²) in [6, 6.07) is 3.54. The highest BCUT2D eigenvalue weighted by atomic mass is 19.3. The Balaban J connectivity index is 1.70. The summed E-state index contributed by atoms with van der Waals surface area (Å²) in [4.78, 5) is 6.22. The lowest BCUT2D eigenvalue weighted by Gasteiger charge is -2.35. The second-order valence-corrected chi connectivity index (χ2v) is 8.75. The van der Waals surface area contributed by atoms with Gasteiger partial charge in [0.25, 0.3) is 11.8 Å². The second kappa shape index (κ2) is 7.19. The molecule has 0 saturated heterocycles. The van der Waals surface area contributed by atoms with Crippen LogP contribution >= 0.6 is 0 Å². The van der Waals surface area contributed by atoms with Gasteiger partial charge in [-0.1, -0.05) is 13.5 Å². The van der Waals surface area contributed by atoms with Crippen molar-refractivity contribution >= 4 is 5.84 Å². The van der Waals surface area contributed by atoms with Crippen LogP contribution in [0.2, 0.25) is 0 Å². The zero-order valence-corrected chi connectivity index (χ0v) is 18.2. The van der Waals surface area contributed by atoms with Crippen LogP contribution in [0.3, 0.4) is 0 Å². The Hall–Kier alpha value is -3.15. The Labute approximate surface area is 183 Å². The molecule has 0 N–H and O–H groups in total. The molecule has 5 nitrogen and oxygen atoms in total. The molecule has 0 bridgehead atoms. The van der Waals surface area contributed by atoms with E-state index >= 15 is 0 Å². The van der Waals surface area contributed by atoms with E-state index in [0.717, 1.165) is 13.8 Å². The number of aryl methyl sites for hydroxylation is 1. The highest BCUT2D eigenvalue weighted by Gasteiger charge is 2.52. The minimum atomic E-state index is -3.09. The molecule has 1 fully saturated rings. The number of nitriles is 1. The highest BCUT2D eigenvalue weighted by molar-refractivity contribution is 6.00. The fourth-order valence-corrected chi connectivity index (χ4v) is 4.16. The van der Waals surface area contributed by atoms with Crippen molar-refractivity contribution in [3.63, 3.8) is 0 Å². The van der Waals surface area contributed by atoms with Gasteiger partial charge in [-0.05, 0) is 37.1 Å². The van der Waals surface area contributed by atoms with Crippen LogP contribution in [0.25, 0.3) is 0 Å². The number of nitrogens with zero attached hydrogens (tertiary/aromatic N) is 5. The van der Waals surface area contributed by atoms with Crippen LogP contribution in [0, 0.1) is 36.0 Å². The van der Waals surface area contributed by atoms with Gasteiger partial charge in [-0.3, -0.25) is 9.58 Å². The number of hydrogen-bond acceptors (Lipinski definition) is 4. The van der Waals surface area contributed by atoms with Gasteiger partial charge in [0.2, 0.25) is 0 Å². The van der Waals surface area contributed by atoms with E-state index in [-0.39, 0.29) is 41.4 Å². The summed E-state index contributed by atoms with van der Waals surface area (Å²) in [6.45, 7) is 9.31. The maximum atomic E-state index is 14.2. The number of allylic oxidation sites excluding steroid dienone is 5. The smallest absolute Gasteiger partial charge is 0.288 e. The molecule has 1 saturated carbocycles. The summed E-state index contributed by atoms with van der Waals surface area (Å²) in [7, 11) is 0. The lowest BCUT2D eigenvalue weighted by molar-refractivity contribution is 0.0121. The molecular formula is C23H23F4N5. The van der Waals surface area contributed by atoms with Crippen LogP contribution in [0.5, 0.6) is 0 Å². The highest BCUT2D eigenvalue weighted by Crippen LogP contribution is 2.53. The average molecular weight is 445 g/mol. The number of alkyl halides is 4. The predicted octanol–water partition coefficient (Wildman–Crippen LogP) is 5.30. The molecule has 3 aliphatic rings. The minimum absolute atomic E-state index is 0.0383. The molecule has 1 aliphatic carbocycles. The number of aliphatic imine (C=N–C) groups is 1. The van der Waals surface area contributed by atoms with Crippen LogP contribution in [0.15, 0.2) is 58.5 Å². The topological polar surface area (TPSA) is 57.2 Å². The van der Waals surface area contributed by atoms with E-state index in [2.05, 4.69) is 22.7 Å².